The Balaban J connectivity index is 1.12. The summed E-state index contributed by atoms with van der Waals surface area (Å²) >= 11 is 5.96. The number of hydrogen-bond donors (Lipinski definition) is 2. The second kappa shape index (κ2) is 12.8. The molecule has 0 aromatic heterocycles. The highest BCUT2D eigenvalue weighted by Crippen LogP contribution is 2.28. The van der Waals surface area contributed by atoms with Crippen LogP contribution in [0.2, 0.25) is 5.02 Å². The van der Waals surface area contributed by atoms with Crippen LogP contribution in [0.3, 0.4) is 0 Å². The minimum atomic E-state index is -0.728. The number of nitrogens with zero attached hydrogens (tertiary/aromatic N) is 2. The van der Waals surface area contributed by atoms with Crippen LogP contribution in [0.4, 0.5) is 10.5 Å². The minimum absolute atomic E-state index is 0.0150. The molecule has 0 unspecified atom stereocenters. The molecule has 0 radical (unpaired) electrons. The summed E-state index contributed by atoms with van der Waals surface area (Å²) in [5, 5.41) is 12.7. The Hall–Kier alpha value is -3.26. The number of benzene rings is 2. The van der Waals surface area contributed by atoms with Gasteiger partial charge in [-0.1, -0.05) is 11.6 Å². The zero-order chi connectivity index (χ0) is 26.2. The third kappa shape index (κ3) is 7.61. The first-order chi connectivity index (χ1) is 17.9. The minimum Gasteiger partial charge on any atom is -0.490 e. The Morgan fingerprint density at radius 2 is 1.57 bits per heavy atom. The first-order valence-electron chi connectivity index (χ1n) is 12.9. The number of piperazine rings is 1. The molecule has 1 heterocycles. The van der Waals surface area contributed by atoms with Crippen LogP contribution in [0.5, 0.6) is 5.75 Å². The van der Waals surface area contributed by atoms with Crippen molar-refractivity contribution < 1.29 is 24.2 Å². The summed E-state index contributed by atoms with van der Waals surface area (Å²) < 4.78 is 5.97. The number of rotatable bonds is 9. The SMILES string of the molecule is O=C(CCCNC(=O)N1CCN(c2ccc(Cl)cc2)CC1)c1ccc(OC2CCC(C(=O)O)CC2)cc1. The molecule has 8 nitrogen and oxygen atoms in total. The number of amides is 2. The van der Waals surface area contributed by atoms with Crippen LogP contribution in [0.15, 0.2) is 48.5 Å². The van der Waals surface area contributed by atoms with Gasteiger partial charge in [-0.05, 0) is 80.6 Å². The quantitative estimate of drug-likeness (QED) is 0.357. The third-order valence-electron chi connectivity index (χ3n) is 7.12. The molecule has 1 saturated carbocycles. The zero-order valence-electron chi connectivity index (χ0n) is 20.9. The van der Waals surface area contributed by atoms with Crippen LogP contribution < -0.4 is 15.0 Å². The van der Waals surface area contributed by atoms with E-state index in [1.54, 1.807) is 29.2 Å². The van der Waals surface area contributed by atoms with Crippen LogP contribution in [-0.4, -0.2) is 66.6 Å². The molecular weight excluding hydrogens is 494 g/mol. The largest absolute Gasteiger partial charge is 0.490 e. The summed E-state index contributed by atoms with van der Waals surface area (Å²) in [7, 11) is 0. The number of ketones is 1. The number of carbonyl (C=O) groups excluding carboxylic acids is 2. The van der Waals surface area contributed by atoms with E-state index in [0.717, 1.165) is 31.6 Å². The van der Waals surface area contributed by atoms with Crippen molar-refractivity contribution in [1.29, 1.82) is 0 Å². The number of aliphatic carboxylic acids is 1. The highest BCUT2D eigenvalue weighted by molar-refractivity contribution is 6.30. The van der Waals surface area contributed by atoms with E-state index in [1.807, 2.05) is 24.3 Å². The number of carboxylic acids is 1. The maximum atomic E-state index is 12.6. The zero-order valence-corrected chi connectivity index (χ0v) is 21.7. The highest BCUT2D eigenvalue weighted by Gasteiger charge is 2.27. The number of anilines is 1. The summed E-state index contributed by atoms with van der Waals surface area (Å²) in [4.78, 5) is 40.2. The van der Waals surface area contributed by atoms with Gasteiger partial charge in [0.2, 0.25) is 0 Å². The van der Waals surface area contributed by atoms with Gasteiger partial charge in [-0.15, -0.1) is 0 Å². The van der Waals surface area contributed by atoms with Crippen LogP contribution >= 0.6 is 11.6 Å². The van der Waals surface area contributed by atoms with Gasteiger partial charge in [0.05, 0.1) is 12.0 Å². The second-order valence-corrected chi connectivity index (χ2v) is 10.1. The van der Waals surface area contributed by atoms with Gasteiger partial charge >= 0.3 is 12.0 Å². The van der Waals surface area contributed by atoms with Gasteiger partial charge in [0.15, 0.2) is 5.78 Å². The average Bonchev–Trinajstić information content (AvgIpc) is 2.92. The van der Waals surface area contributed by atoms with E-state index in [0.29, 0.717) is 61.7 Å². The summed E-state index contributed by atoms with van der Waals surface area (Å²) in [6.45, 7) is 3.25. The van der Waals surface area contributed by atoms with Gasteiger partial charge in [-0.2, -0.15) is 0 Å². The van der Waals surface area contributed by atoms with Crippen molar-refractivity contribution in [2.45, 2.75) is 44.6 Å². The molecule has 4 rings (SSSR count). The topological polar surface area (TPSA) is 99.2 Å². The number of carboxylic acid groups (broad SMARTS) is 1. The van der Waals surface area contributed by atoms with Gasteiger partial charge in [-0.25, -0.2) is 4.79 Å². The lowest BCUT2D eigenvalue weighted by atomic mass is 9.87. The van der Waals surface area contributed by atoms with Crippen molar-refractivity contribution in [3.05, 3.63) is 59.1 Å². The molecule has 1 saturated heterocycles. The molecule has 198 valence electrons. The standard InChI is InChI=1S/C28H34ClN3O5/c29-22-7-9-23(10-8-22)31-16-18-32(19-17-31)28(36)30-15-1-2-26(33)20-3-11-24(12-4-20)37-25-13-5-21(6-14-25)27(34)35/h3-4,7-12,21,25H,1-2,5-6,13-19H2,(H,30,36)(H,34,35). The van der Waals surface area contributed by atoms with Crippen molar-refractivity contribution in [1.82, 2.24) is 10.2 Å². The van der Waals surface area contributed by atoms with Crippen molar-refractivity contribution in [2.75, 3.05) is 37.6 Å². The normalized spacial score (nSPS) is 19.8. The fourth-order valence-corrected chi connectivity index (χ4v) is 4.99. The van der Waals surface area contributed by atoms with Gasteiger partial charge in [0.25, 0.3) is 0 Å². The first kappa shape index (κ1) is 26.8. The Bertz CT molecular complexity index is 1060. The lowest BCUT2D eigenvalue weighted by Crippen LogP contribution is -2.52. The summed E-state index contributed by atoms with van der Waals surface area (Å²) in [5.74, 6) is -0.276. The molecule has 2 aromatic carbocycles. The number of Topliss-reactive ketones (excluding diaryl/α,β-unsaturated/α-hetero) is 1. The van der Waals surface area contributed by atoms with E-state index in [9.17, 15) is 14.4 Å². The molecular formula is C28H34ClN3O5. The fraction of sp³-hybridized carbons (Fsp3) is 0.464. The molecule has 1 aliphatic carbocycles. The Labute approximate surface area is 222 Å². The molecule has 2 aliphatic rings. The van der Waals surface area contributed by atoms with Crippen LogP contribution in [-0.2, 0) is 4.79 Å². The Kier molecular flexibility index (Phi) is 9.28. The van der Waals surface area contributed by atoms with Gasteiger partial charge in [0.1, 0.15) is 5.75 Å². The monoisotopic (exact) mass is 527 g/mol. The number of hydrogen-bond acceptors (Lipinski definition) is 5. The molecule has 2 N–H and O–H groups in total. The van der Waals surface area contributed by atoms with Gasteiger partial charge < -0.3 is 25.0 Å². The van der Waals surface area contributed by atoms with E-state index in [-0.39, 0.29) is 23.8 Å². The summed E-state index contributed by atoms with van der Waals surface area (Å²) in [6, 6.07) is 14.7. The molecule has 1 aliphatic heterocycles. The summed E-state index contributed by atoms with van der Waals surface area (Å²) in [5.41, 5.74) is 1.72. The lowest BCUT2D eigenvalue weighted by Gasteiger charge is -2.36. The van der Waals surface area contributed by atoms with E-state index in [4.69, 9.17) is 21.4 Å². The molecule has 9 heteroatoms. The van der Waals surface area contributed by atoms with E-state index < -0.39 is 5.97 Å². The van der Waals surface area contributed by atoms with Crippen molar-refractivity contribution in [2.24, 2.45) is 5.92 Å². The van der Waals surface area contributed by atoms with Crippen molar-refractivity contribution >= 4 is 35.1 Å². The molecule has 0 spiro atoms. The molecule has 37 heavy (non-hydrogen) atoms. The number of urea groups is 1. The third-order valence-corrected chi connectivity index (χ3v) is 7.37. The number of nitrogens with one attached hydrogen (secondary N) is 1. The summed E-state index contributed by atoms with van der Waals surface area (Å²) in [6.07, 6.45) is 3.65. The van der Waals surface area contributed by atoms with Gasteiger partial charge in [0, 0.05) is 55.4 Å². The maximum Gasteiger partial charge on any atom is 0.317 e. The molecule has 2 aromatic rings. The predicted octanol–water partition coefficient (Wildman–Crippen LogP) is 4.86. The number of halogens is 1. The average molecular weight is 528 g/mol. The Morgan fingerprint density at radius 3 is 2.19 bits per heavy atom. The molecule has 2 amide bonds. The first-order valence-corrected chi connectivity index (χ1v) is 13.3. The smallest absolute Gasteiger partial charge is 0.317 e. The lowest BCUT2D eigenvalue weighted by molar-refractivity contribution is -0.143. The van der Waals surface area contributed by atoms with E-state index in [2.05, 4.69) is 10.2 Å². The van der Waals surface area contributed by atoms with Crippen LogP contribution in [0.1, 0.15) is 48.9 Å². The second-order valence-electron chi connectivity index (χ2n) is 9.66. The highest BCUT2D eigenvalue weighted by atomic mass is 35.5. The van der Waals surface area contributed by atoms with Crippen molar-refractivity contribution in [3.8, 4) is 5.75 Å². The molecule has 0 atom stereocenters. The van der Waals surface area contributed by atoms with Crippen LogP contribution in [0, 0.1) is 5.92 Å². The fourth-order valence-electron chi connectivity index (χ4n) is 4.86. The Morgan fingerprint density at radius 1 is 0.919 bits per heavy atom. The number of carbonyl (C=O) groups is 3. The molecule has 0 bridgehead atoms. The van der Waals surface area contributed by atoms with E-state index in [1.165, 1.54) is 0 Å². The molecule has 2 fully saturated rings. The van der Waals surface area contributed by atoms with Crippen LogP contribution in [0.25, 0.3) is 0 Å². The predicted molar refractivity (Wildman–Crippen MR) is 143 cm³/mol. The maximum absolute atomic E-state index is 12.6. The number of ether oxygens (including phenoxy) is 1. The van der Waals surface area contributed by atoms with Gasteiger partial charge in [-0.3, -0.25) is 9.59 Å². The van der Waals surface area contributed by atoms with Crippen molar-refractivity contribution in [3.63, 3.8) is 0 Å². The van der Waals surface area contributed by atoms with E-state index >= 15 is 0 Å².